The van der Waals surface area contributed by atoms with E-state index in [1.54, 1.807) is 7.11 Å². The van der Waals surface area contributed by atoms with Crippen LogP contribution in [0.25, 0.3) is 0 Å². The number of halogens is 2. The lowest BCUT2D eigenvalue weighted by Crippen LogP contribution is -2.06. The summed E-state index contributed by atoms with van der Waals surface area (Å²) in [5.41, 5.74) is 3.30. The molecule has 2 nitrogen and oxygen atoms in total. The molecule has 2 rings (SSSR count). The van der Waals surface area contributed by atoms with E-state index in [-0.39, 0.29) is 5.78 Å². The maximum atomic E-state index is 12.7. The summed E-state index contributed by atoms with van der Waals surface area (Å²) in [7, 11) is 1.59. The van der Waals surface area contributed by atoms with E-state index >= 15 is 0 Å². The maximum Gasteiger partial charge on any atom is 0.196 e. The highest BCUT2D eigenvalue weighted by atomic mass is 79.9. The fourth-order valence-corrected chi connectivity index (χ4v) is 3.37. The van der Waals surface area contributed by atoms with Gasteiger partial charge >= 0.3 is 0 Å². The van der Waals surface area contributed by atoms with Crippen molar-refractivity contribution in [3.05, 3.63) is 61.5 Å². The summed E-state index contributed by atoms with van der Waals surface area (Å²) >= 11 is 6.80. The zero-order valence-corrected chi connectivity index (χ0v) is 14.6. The summed E-state index contributed by atoms with van der Waals surface area (Å²) in [4.78, 5) is 12.7. The van der Waals surface area contributed by atoms with E-state index in [4.69, 9.17) is 4.74 Å². The minimum atomic E-state index is -0.0491. The van der Waals surface area contributed by atoms with E-state index in [2.05, 4.69) is 31.9 Å². The summed E-state index contributed by atoms with van der Waals surface area (Å²) in [5.74, 6) is 0.595. The molecule has 0 saturated carbocycles. The number of benzene rings is 2. The number of methoxy groups -OCH3 is 1. The number of carbonyl (C=O) groups excluding carboxylic acids is 1. The summed E-state index contributed by atoms with van der Waals surface area (Å²) in [6.45, 7) is 3.96. The van der Waals surface area contributed by atoms with Crippen LogP contribution in [0, 0.1) is 13.8 Å². The molecule has 104 valence electrons. The molecule has 0 aromatic heterocycles. The summed E-state index contributed by atoms with van der Waals surface area (Å²) < 4.78 is 7.13. The molecule has 4 heteroatoms. The summed E-state index contributed by atoms with van der Waals surface area (Å²) in [6, 6.07) is 9.27. The normalized spacial score (nSPS) is 10.4. The molecule has 0 aliphatic rings. The maximum absolute atomic E-state index is 12.7. The fourth-order valence-electron chi connectivity index (χ4n) is 2.07. The van der Waals surface area contributed by atoms with Crippen molar-refractivity contribution in [3.8, 4) is 5.75 Å². The molecule has 0 amide bonds. The van der Waals surface area contributed by atoms with E-state index in [1.807, 2.05) is 44.2 Å². The summed E-state index contributed by atoms with van der Waals surface area (Å²) in [6.07, 6.45) is 0. The van der Waals surface area contributed by atoms with Crippen LogP contribution in [-0.2, 0) is 0 Å². The molecule has 20 heavy (non-hydrogen) atoms. The van der Waals surface area contributed by atoms with Gasteiger partial charge in [-0.3, -0.25) is 4.79 Å². The minimum Gasteiger partial charge on any atom is -0.496 e. The predicted octanol–water partition coefficient (Wildman–Crippen LogP) is 5.07. The first-order valence-electron chi connectivity index (χ1n) is 6.09. The van der Waals surface area contributed by atoms with Crippen LogP contribution in [0.3, 0.4) is 0 Å². The van der Waals surface area contributed by atoms with Crippen LogP contribution in [0.4, 0.5) is 0 Å². The number of ketones is 1. The van der Waals surface area contributed by atoms with Gasteiger partial charge in [-0.05, 0) is 49.2 Å². The molecule has 0 heterocycles. The Morgan fingerprint density at radius 3 is 2.20 bits per heavy atom. The smallest absolute Gasteiger partial charge is 0.196 e. The zero-order chi connectivity index (χ0) is 14.9. The molecule has 2 aromatic rings. The molecule has 0 aliphatic carbocycles. The molecule has 0 saturated heterocycles. The van der Waals surface area contributed by atoms with Gasteiger partial charge in [0, 0.05) is 14.5 Å². The Morgan fingerprint density at radius 2 is 1.65 bits per heavy atom. The zero-order valence-electron chi connectivity index (χ0n) is 11.5. The molecule has 0 atom stereocenters. The first kappa shape index (κ1) is 15.3. The van der Waals surface area contributed by atoms with Crippen molar-refractivity contribution in [3.63, 3.8) is 0 Å². The Kier molecular flexibility index (Phi) is 4.66. The van der Waals surface area contributed by atoms with E-state index < -0.39 is 0 Å². The second kappa shape index (κ2) is 6.10. The molecular weight excluding hydrogens is 384 g/mol. The Balaban J connectivity index is 2.56. The van der Waals surface area contributed by atoms with Gasteiger partial charge in [0.25, 0.3) is 0 Å². The van der Waals surface area contributed by atoms with E-state index in [1.165, 1.54) is 0 Å². The second-order valence-corrected chi connectivity index (χ2v) is 6.41. The second-order valence-electron chi connectivity index (χ2n) is 4.58. The topological polar surface area (TPSA) is 26.3 Å². The van der Waals surface area contributed by atoms with Crippen molar-refractivity contribution >= 4 is 37.6 Å². The van der Waals surface area contributed by atoms with Crippen molar-refractivity contribution in [2.75, 3.05) is 7.11 Å². The molecule has 0 bridgehead atoms. The Bertz CT molecular complexity index is 658. The number of hydrogen-bond donors (Lipinski definition) is 0. The predicted molar refractivity (Wildman–Crippen MR) is 87.7 cm³/mol. The van der Waals surface area contributed by atoms with Gasteiger partial charge in [-0.15, -0.1) is 0 Å². The van der Waals surface area contributed by atoms with Crippen LogP contribution in [0.2, 0.25) is 0 Å². The monoisotopic (exact) mass is 396 g/mol. The minimum absolute atomic E-state index is 0.0491. The molecule has 2 aromatic carbocycles. The standard InChI is InChI=1S/C16H14Br2O2/c1-9-4-5-14(16(20-3)10(9)2)15(19)11-6-12(17)8-13(18)7-11/h4-8H,1-3H3. The first-order chi connectivity index (χ1) is 9.43. The van der Waals surface area contributed by atoms with Crippen molar-refractivity contribution in [1.29, 1.82) is 0 Å². The quantitative estimate of drug-likeness (QED) is 0.676. The van der Waals surface area contributed by atoms with Crippen LogP contribution < -0.4 is 4.74 Å². The lowest BCUT2D eigenvalue weighted by Gasteiger charge is -2.13. The Hall–Kier alpha value is -1.13. The average molecular weight is 398 g/mol. The van der Waals surface area contributed by atoms with E-state index in [0.717, 1.165) is 20.1 Å². The van der Waals surface area contributed by atoms with Crippen molar-refractivity contribution in [2.45, 2.75) is 13.8 Å². The van der Waals surface area contributed by atoms with Crippen molar-refractivity contribution in [1.82, 2.24) is 0 Å². The van der Waals surface area contributed by atoms with Crippen LogP contribution in [0.5, 0.6) is 5.75 Å². The SMILES string of the molecule is COc1c(C(=O)c2cc(Br)cc(Br)c2)ccc(C)c1C. The Morgan fingerprint density at radius 1 is 1.05 bits per heavy atom. The summed E-state index contributed by atoms with van der Waals surface area (Å²) in [5, 5.41) is 0. The van der Waals surface area contributed by atoms with Crippen molar-refractivity contribution in [2.24, 2.45) is 0 Å². The number of ether oxygens (including phenoxy) is 1. The number of rotatable bonds is 3. The van der Waals surface area contributed by atoms with Gasteiger partial charge in [0.1, 0.15) is 5.75 Å². The highest BCUT2D eigenvalue weighted by molar-refractivity contribution is 9.11. The number of aryl methyl sites for hydroxylation is 1. The average Bonchev–Trinajstić information content (AvgIpc) is 2.39. The third-order valence-corrected chi connectivity index (χ3v) is 4.17. The van der Waals surface area contributed by atoms with Gasteiger partial charge in [-0.1, -0.05) is 37.9 Å². The lowest BCUT2D eigenvalue weighted by molar-refractivity contribution is 0.103. The highest BCUT2D eigenvalue weighted by Crippen LogP contribution is 2.29. The van der Waals surface area contributed by atoms with Crippen LogP contribution in [0.15, 0.2) is 39.3 Å². The van der Waals surface area contributed by atoms with E-state index in [0.29, 0.717) is 16.9 Å². The Labute approximate surface area is 135 Å². The van der Waals surface area contributed by atoms with Gasteiger partial charge in [0.15, 0.2) is 5.78 Å². The molecule has 0 spiro atoms. The third-order valence-electron chi connectivity index (χ3n) is 3.25. The highest BCUT2D eigenvalue weighted by Gasteiger charge is 2.17. The first-order valence-corrected chi connectivity index (χ1v) is 7.67. The van der Waals surface area contributed by atoms with Gasteiger partial charge in [0.05, 0.1) is 12.7 Å². The number of carbonyl (C=O) groups is 1. The lowest BCUT2D eigenvalue weighted by atomic mass is 9.98. The number of hydrogen-bond acceptors (Lipinski definition) is 2. The third kappa shape index (κ3) is 2.96. The van der Waals surface area contributed by atoms with Crippen LogP contribution in [-0.4, -0.2) is 12.9 Å². The van der Waals surface area contributed by atoms with Gasteiger partial charge in [-0.25, -0.2) is 0 Å². The molecule has 0 unspecified atom stereocenters. The van der Waals surface area contributed by atoms with Gasteiger partial charge in [-0.2, -0.15) is 0 Å². The van der Waals surface area contributed by atoms with Gasteiger partial charge < -0.3 is 4.74 Å². The molecular formula is C16H14Br2O2. The van der Waals surface area contributed by atoms with Crippen LogP contribution in [0.1, 0.15) is 27.0 Å². The van der Waals surface area contributed by atoms with Crippen LogP contribution >= 0.6 is 31.9 Å². The fraction of sp³-hybridized carbons (Fsp3) is 0.188. The largest absolute Gasteiger partial charge is 0.496 e. The molecule has 0 aliphatic heterocycles. The molecule has 0 N–H and O–H groups in total. The van der Waals surface area contributed by atoms with Crippen molar-refractivity contribution < 1.29 is 9.53 Å². The van der Waals surface area contributed by atoms with E-state index in [9.17, 15) is 4.79 Å². The van der Waals surface area contributed by atoms with Gasteiger partial charge in [0.2, 0.25) is 0 Å². The molecule has 0 radical (unpaired) electrons. The molecule has 0 fully saturated rings.